The minimum atomic E-state index is -0.202. The number of hydrogen-bond acceptors (Lipinski definition) is 4. The average molecular weight is 291 g/mol. The molecular weight excluding hydrogens is 278 g/mol. The fraction of sp³-hybridized carbons (Fsp3) is 0.118. The van der Waals surface area contributed by atoms with Crippen LogP contribution in [0.4, 0.5) is 5.69 Å². The minimum Gasteiger partial charge on any atom is -0.356 e. The van der Waals surface area contributed by atoms with Crippen LogP contribution in [0.1, 0.15) is 16.8 Å². The molecule has 0 aliphatic heterocycles. The summed E-state index contributed by atoms with van der Waals surface area (Å²) >= 11 is 0. The zero-order valence-corrected chi connectivity index (χ0v) is 12.0. The lowest BCUT2D eigenvalue weighted by molar-refractivity contribution is -0.115. The molecule has 0 bridgehead atoms. The van der Waals surface area contributed by atoms with E-state index in [1.807, 2.05) is 31.2 Å². The maximum Gasteiger partial charge on any atom is 0.230 e. The number of aromatic nitrogens is 1. The quantitative estimate of drug-likeness (QED) is 0.803. The molecule has 108 valence electrons. The van der Waals surface area contributed by atoms with Crippen LogP contribution in [-0.2, 0) is 11.2 Å². The molecule has 0 unspecified atom stereocenters. The molecule has 5 heteroatoms. The third-order valence-corrected chi connectivity index (χ3v) is 3.30. The predicted molar refractivity (Wildman–Crippen MR) is 82.2 cm³/mol. The zero-order valence-electron chi connectivity index (χ0n) is 12.0. The minimum absolute atomic E-state index is 0.118. The Kier molecular flexibility index (Phi) is 3.58. The summed E-state index contributed by atoms with van der Waals surface area (Å²) in [5, 5.41) is 16.4. The van der Waals surface area contributed by atoms with E-state index in [4.69, 9.17) is 9.78 Å². The second-order valence-corrected chi connectivity index (χ2v) is 5.05. The Labute approximate surface area is 127 Å². The first-order valence-electron chi connectivity index (χ1n) is 6.80. The van der Waals surface area contributed by atoms with Crippen LogP contribution in [0.3, 0.4) is 0 Å². The first kappa shape index (κ1) is 13.8. The van der Waals surface area contributed by atoms with E-state index in [0.717, 1.165) is 10.9 Å². The highest BCUT2D eigenvalue weighted by Crippen LogP contribution is 2.20. The molecule has 0 saturated heterocycles. The number of aryl methyl sites for hydroxylation is 1. The summed E-state index contributed by atoms with van der Waals surface area (Å²) in [4.78, 5) is 12.1. The van der Waals surface area contributed by atoms with Gasteiger partial charge in [-0.15, -0.1) is 0 Å². The Morgan fingerprint density at radius 3 is 3.00 bits per heavy atom. The van der Waals surface area contributed by atoms with Crippen LogP contribution in [0.5, 0.6) is 0 Å². The van der Waals surface area contributed by atoms with Gasteiger partial charge in [0.2, 0.25) is 5.91 Å². The van der Waals surface area contributed by atoms with Crippen LogP contribution < -0.4 is 5.32 Å². The summed E-state index contributed by atoms with van der Waals surface area (Å²) < 4.78 is 5.22. The van der Waals surface area contributed by atoms with Crippen molar-refractivity contribution in [2.45, 2.75) is 13.3 Å². The number of benzene rings is 2. The Bertz CT molecular complexity index is 890. The standard InChI is InChI=1S/C17H13N3O2/c1-11-5-6-16-14(7-11)15(20-22-16)9-17(21)19-13-4-2-3-12(8-13)10-18/h2-8H,9H2,1H3,(H,19,21). The van der Waals surface area contributed by atoms with Crippen LogP contribution in [0, 0.1) is 18.3 Å². The molecule has 0 aliphatic carbocycles. The Morgan fingerprint density at radius 1 is 1.32 bits per heavy atom. The first-order valence-corrected chi connectivity index (χ1v) is 6.80. The molecule has 5 nitrogen and oxygen atoms in total. The van der Waals surface area contributed by atoms with E-state index in [2.05, 4.69) is 10.5 Å². The molecule has 2 aromatic carbocycles. The van der Waals surface area contributed by atoms with Gasteiger partial charge >= 0.3 is 0 Å². The number of carbonyl (C=O) groups is 1. The number of carbonyl (C=O) groups excluding carboxylic acids is 1. The Balaban J connectivity index is 1.78. The zero-order chi connectivity index (χ0) is 15.5. The normalized spacial score (nSPS) is 10.4. The molecule has 22 heavy (non-hydrogen) atoms. The van der Waals surface area contributed by atoms with Gasteiger partial charge in [-0.2, -0.15) is 5.26 Å². The van der Waals surface area contributed by atoms with Gasteiger partial charge in [-0.1, -0.05) is 22.9 Å². The summed E-state index contributed by atoms with van der Waals surface area (Å²) in [6.07, 6.45) is 0.118. The first-order chi connectivity index (χ1) is 10.7. The van der Waals surface area contributed by atoms with Crippen LogP contribution >= 0.6 is 0 Å². The molecule has 3 aromatic rings. The van der Waals surface area contributed by atoms with Crippen molar-refractivity contribution in [3.8, 4) is 6.07 Å². The molecule has 1 N–H and O–H groups in total. The van der Waals surface area contributed by atoms with Gasteiger partial charge < -0.3 is 9.84 Å². The molecule has 0 aliphatic rings. The van der Waals surface area contributed by atoms with Crippen molar-refractivity contribution in [3.63, 3.8) is 0 Å². The number of hydrogen-bond donors (Lipinski definition) is 1. The van der Waals surface area contributed by atoms with Gasteiger partial charge in [0.15, 0.2) is 5.58 Å². The average Bonchev–Trinajstić information content (AvgIpc) is 2.89. The summed E-state index contributed by atoms with van der Waals surface area (Å²) in [6, 6.07) is 14.5. The number of rotatable bonds is 3. The van der Waals surface area contributed by atoms with E-state index in [9.17, 15) is 4.79 Å². The summed E-state index contributed by atoms with van der Waals surface area (Å²) in [5.41, 5.74) is 3.44. The summed E-state index contributed by atoms with van der Waals surface area (Å²) in [5.74, 6) is -0.202. The van der Waals surface area contributed by atoms with Gasteiger partial charge in [-0.05, 0) is 37.3 Å². The van der Waals surface area contributed by atoms with Gasteiger partial charge in [0.1, 0.15) is 5.69 Å². The molecule has 0 fully saturated rings. The van der Waals surface area contributed by atoms with Crippen LogP contribution in [0.15, 0.2) is 47.0 Å². The van der Waals surface area contributed by atoms with Crippen molar-refractivity contribution >= 4 is 22.6 Å². The fourth-order valence-electron chi connectivity index (χ4n) is 2.25. The second kappa shape index (κ2) is 5.70. The Hall–Kier alpha value is -3.13. The molecule has 0 atom stereocenters. The maximum atomic E-state index is 12.1. The van der Waals surface area contributed by atoms with Crippen molar-refractivity contribution in [3.05, 3.63) is 59.3 Å². The molecule has 1 amide bonds. The van der Waals surface area contributed by atoms with Gasteiger partial charge in [-0.3, -0.25) is 4.79 Å². The molecule has 1 aromatic heterocycles. The third-order valence-electron chi connectivity index (χ3n) is 3.30. The third kappa shape index (κ3) is 2.81. The van der Waals surface area contributed by atoms with Gasteiger partial charge in [-0.25, -0.2) is 0 Å². The van der Waals surface area contributed by atoms with E-state index in [1.165, 1.54) is 0 Å². The number of nitriles is 1. The molecule has 0 saturated carbocycles. The Morgan fingerprint density at radius 2 is 2.18 bits per heavy atom. The lowest BCUT2D eigenvalue weighted by Gasteiger charge is -2.04. The van der Waals surface area contributed by atoms with E-state index >= 15 is 0 Å². The summed E-state index contributed by atoms with van der Waals surface area (Å²) in [6.45, 7) is 1.98. The van der Waals surface area contributed by atoms with E-state index in [1.54, 1.807) is 24.3 Å². The molecule has 1 heterocycles. The van der Waals surface area contributed by atoms with Crippen LogP contribution in [0.2, 0.25) is 0 Å². The van der Waals surface area contributed by atoms with Crippen LogP contribution in [0.25, 0.3) is 11.0 Å². The largest absolute Gasteiger partial charge is 0.356 e. The number of amides is 1. The monoisotopic (exact) mass is 291 g/mol. The maximum absolute atomic E-state index is 12.1. The van der Waals surface area contributed by atoms with Gasteiger partial charge in [0.05, 0.1) is 18.1 Å². The molecule has 0 radical (unpaired) electrons. The van der Waals surface area contributed by atoms with Crippen molar-refractivity contribution in [2.24, 2.45) is 0 Å². The summed E-state index contributed by atoms with van der Waals surface area (Å²) in [7, 11) is 0. The van der Waals surface area contributed by atoms with Gasteiger partial charge in [0, 0.05) is 11.1 Å². The molecular formula is C17H13N3O2. The van der Waals surface area contributed by atoms with E-state index < -0.39 is 0 Å². The second-order valence-electron chi connectivity index (χ2n) is 5.05. The topological polar surface area (TPSA) is 78.9 Å². The van der Waals surface area contributed by atoms with Gasteiger partial charge in [0.25, 0.3) is 0 Å². The van der Waals surface area contributed by atoms with E-state index in [0.29, 0.717) is 22.5 Å². The lowest BCUT2D eigenvalue weighted by atomic mass is 10.1. The lowest BCUT2D eigenvalue weighted by Crippen LogP contribution is -2.14. The van der Waals surface area contributed by atoms with E-state index in [-0.39, 0.29) is 12.3 Å². The smallest absolute Gasteiger partial charge is 0.230 e. The molecule has 3 rings (SSSR count). The number of anilines is 1. The fourth-order valence-corrected chi connectivity index (χ4v) is 2.25. The van der Waals surface area contributed by atoms with Crippen molar-refractivity contribution in [1.29, 1.82) is 5.26 Å². The van der Waals surface area contributed by atoms with Crippen molar-refractivity contribution in [2.75, 3.05) is 5.32 Å². The number of fused-ring (bicyclic) bond motifs is 1. The number of nitrogens with one attached hydrogen (secondary N) is 1. The van der Waals surface area contributed by atoms with Crippen molar-refractivity contribution < 1.29 is 9.32 Å². The van der Waals surface area contributed by atoms with Crippen LogP contribution in [-0.4, -0.2) is 11.1 Å². The van der Waals surface area contributed by atoms with Crippen molar-refractivity contribution in [1.82, 2.24) is 5.16 Å². The number of nitrogens with zero attached hydrogens (tertiary/aromatic N) is 2. The highest BCUT2D eigenvalue weighted by molar-refractivity contribution is 5.94. The SMILES string of the molecule is Cc1ccc2onc(CC(=O)Nc3cccc(C#N)c3)c2c1. The highest BCUT2D eigenvalue weighted by atomic mass is 16.5. The molecule has 0 spiro atoms. The predicted octanol–water partition coefficient (Wildman–Crippen LogP) is 3.19. The highest BCUT2D eigenvalue weighted by Gasteiger charge is 2.13.